The Morgan fingerprint density at radius 2 is 1.81 bits per heavy atom. The van der Waals surface area contributed by atoms with E-state index in [2.05, 4.69) is 32.7 Å². The highest BCUT2D eigenvalue weighted by Gasteiger charge is 2.22. The van der Waals surface area contributed by atoms with Crippen LogP contribution in [0.2, 0.25) is 0 Å². The Morgan fingerprint density at radius 1 is 1.04 bits per heavy atom. The molecule has 0 spiro atoms. The molecule has 2 aromatic heterocycles. The molecule has 0 bridgehead atoms. The summed E-state index contributed by atoms with van der Waals surface area (Å²) in [6.45, 7) is 4.48. The number of nitrogens with zero attached hydrogens (tertiary/aromatic N) is 4. The second-order valence-corrected chi connectivity index (χ2v) is 6.94. The first-order chi connectivity index (χ1) is 12.7. The van der Waals surface area contributed by atoms with E-state index in [1.807, 2.05) is 48.7 Å². The van der Waals surface area contributed by atoms with Crippen molar-refractivity contribution in [2.24, 2.45) is 7.05 Å². The number of carbonyl (C=O) groups excluding carboxylic acids is 1. The van der Waals surface area contributed by atoms with Gasteiger partial charge in [-0.25, -0.2) is 0 Å². The molecular weight excluding hydrogens is 324 g/mol. The van der Waals surface area contributed by atoms with Crippen molar-refractivity contribution in [3.05, 3.63) is 66.1 Å². The second-order valence-electron chi connectivity index (χ2n) is 6.94. The fourth-order valence-electron chi connectivity index (χ4n) is 3.59. The van der Waals surface area contributed by atoms with E-state index in [1.54, 1.807) is 0 Å². The number of hydrogen-bond donors (Lipinski definition) is 0. The van der Waals surface area contributed by atoms with Crippen LogP contribution in [0.4, 0.5) is 0 Å². The minimum Gasteiger partial charge on any atom is -0.351 e. The first-order valence-electron chi connectivity index (χ1n) is 9.16. The Bertz CT molecular complexity index is 895. The number of aromatic nitrogens is 2. The van der Waals surface area contributed by atoms with Crippen LogP contribution in [-0.4, -0.2) is 58.0 Å². The molecule has 0 N–H and O–H groups in total. The van der Waals surface area contributed by atoms with E-state index in [-0.39, 0.29) is 5.91 Å². The third-order valence-corrected chi connectivity index (χ3v) is 5.26. The number of amides is 1. The van der Waals surface area contributed by atoms with Gasteiger partial charge < -0.3 is 9.47 Å². The molecule has 1 aliphatic heterocycles. The van der Waals surface area contributed by atoms with Crippen LogP contribution < -0.4 is 0 Å². The summed E-state index contributed by atoms with van der Waals surface area (Å²) in [4.78, 5) is 21.3. The lowest BCUT2D eigenvalue weighted by Crippen LogP contribution is -2.49. The largest absolute Gasteiger partial charge is 0.351 e. The van der Waals surface area contributed by atoms with Crippen molar-refractivity contribution in [2.75, 3.05) is 32.7 Å². The highest BCUT2D eigenvalue weighted by Crippen LogP contribution is 2.18. The fraction of sp³-hybridized carbons (Fsp3) is 0.333. The van der Waals surface area contributed by atoms with Crippen LogP contribution in [-0.2, 0) is 13.5 Å². The predicted molar refractivity (Wildman–Crippen MR) is 103 cm³/mol. The Labute approximate surface area is 153 Å². The quantitative estimate of drug-likeness (QED) is 0.728. The Balaban J connectivity index is 1.34. The van der Waals surface area contributed by atoms with Gasteiger partial charge in [0, 0.05) is 69.4 Å². The van der Waals surface area contributed by atoms with Crippen LogP contribution in [0, 0.1) is 0 Å². The third-order valence-electron chi connectivity index (χ3n) is 5.26. The first-order valence-corrected chi connectivity index (χ1v) is 9.16. The summed E-state index contributed by atoms with van der Waals surface area (Å²) in [5.41, 5.74) is 3.20. The van der Waals surface area contributed by atoms with Crippen molar-refractivity contribution >= 4 is 16.8 Å². The van der Waals surface area contributed by atoms with Gasteiger partial charge >= 0.3 is 0 Å². The van der Waals surface area contributed by atoms with Gasteiger partial charge in [-0.1, -0.05) is 6.07 Å². The fourth-order valence-corrected chi connectivity index (χ4v) is 3.59. The molecule has 1 aliphatic rings. The van der Waals surface area contributed by atoms with Crippen LogP contribution in [0.1, 0.15) is 15.9 Å². The second kappa shape index (κ2) is 7.30. The van der Waals surface area contributed by atoms with E-state index in [0.29, 0.717) is 0 Å². The minimum atomic E-state index is 0.141. The van der Waals surface area contributed by atoms with E-state index in [4.69, 9.17) is 0 Å². The molecule has 1 fully saturated rings. The van der Waals surface area contributed by atoms with Crippen molar-refractivity contribution in [3.63, 3.8) is 0 Å². The average Bonchev–Trinajstić information content (AvgIpc) is 3.07. The number of rotatable bonds is 4. The van der Waals surface area contributed by atoms with Gasteiger partial charge in [0.1, 0.15) is 0 Å². The van der Waals surface area contributed by atoms with Gasteiger partial charge in [0.05, 0.1) is 0 Å². The molecule has 5 heteroatoms. The summed E-state index contributed by atoms with van der Waals surface area (Å²) < 4.78 is 2.06. The van der Waals surface area contributed by atoms with Gasteiger partial charge in [0.25, 0.3) is 5.91 Å². The van der Waals surface area contributed by atoms with E-state index in [1.165, 1.54) is 10.9 Å². The SMILES string of the molecule is Cn1ccc2ccc(C(=O)N3CCN(CCc4ccncc4)CC3)cc21. The topological polar surface area (TPSA) is 41.4 Å². The molecule has 1 aromatic carbocycles. The summed E-state index contributed by atoms with van der Waals surface area (Å²) in [5, 5.41) is 1.17. The average molecular weight is 348 g/mol. The van der Waals surface area contributed by atoms with Gasteiger partial charge in [-0.05, 0) is 47.7 Å². The molecule has 3 heterocycles. The zero-order valence-corrected chi connectivity index (χ0v) is 15.1. The molecule has 0 atom stereocenters. The van der Waals surface area contributed by atoms with Crippen LogP contribution in [0.25, 0.3) is 10.9 Å². The van der Waals surface area contributed by atoms with Gasteiger partial charge in [-0.2, -0.15) is 0 Å². The number of hydrogen-bond acceptors (Lipinski definition) is 3. The van der Waals surface area contributed by atoms with Crippen molar-refractivity contribution in [1.29, 1.82) is 0 Å². The van der Waals surface area contributed by atoms with E-state index in [0.717, 1.165) is 50.2 Å². The van der Waals surface area contributed by atoms with Crippen LogP contribution >= 0.6 is 0 Å². The molecule has 1 saturated heterocycles. The number of fused-ring (bicyclic) bond motifs is 1. The molecule has 0 radical (unpaired) electrons. The number of piperazine rings is 1. The lowest BCUT2D eigenvalue weighted by molar-refractivity contribution is 0.0638. The molecular formula is C21H24N4O. The molecule has 5 nitrogen and oxygen atoms in total. The molecule has 134 valence electrons. The maximum atomic E-state index is 12.9. The standard InChI is InChI=1S/C21H24N4O/c1-23-10-7-18-2-3-19(16-20(18)23)21(26)25-14-12-24(13-15-25)11-6-17-4-8-22-9-5-17/h2-5,7-10,16H,6,11-15H2,1H3. The summed E-state index contributed by atoms with van der Waals surface area (Å²) in [6, 6.07) is 12.2. The highest BCUT2D eigenvalue weighted by molar-refractivity contribution is 5.98. The molecule has 3 aromatic rings. The van der Waals surface area contributed by atoms with Crippen LogP contribution in [0.15, 0.2) is 55.0 Å². The van der Waals surface area contributed by atoms with Crippen molar-refractivity contribution in [1.82, 2.24) is 19.4 Å². The first kappa shape index (κ1) is 16.8. The zero-order valence-electron chi connectivity index (χ0n) is 15.1. The predicted octanol–water partition coefficient (Wildman–Crippen LogP) is 2.57. The summed E-state index contributed by atoms with van der Waals surface area (Å²) in [7, 11) is 2.01. The highest BCUT2D eigenvalue weighted by atomic mass is 16.2. The molecule has 4 rings (SSSR count). The summed E-state index contributed by atoms with van der Waals surface area (Å²) in [6.07, 6.45) is 6.74. The maximum Gasteiger partial charge on any atom is 0.254 e. The molecule has 0 aliphatic carbocycles. The molecule has 0 unspecified atom stereocenters. The molecule has 26 heavy (non-hydrogen) atoms. The number of pyridine rings is 1. The smallest absolute Gasteiger partial charge is 0.254 e. The van der Waals surface area contributed by atoms with E-state index >= 15 is 0 Å². The third kappa shape index (κ3) is 3.48. The minimum absolute atomic E-state index is 0.141. The van der Waals surface area contributed by atoms with Gasteiger partial charge in [-0.3, -0.25) is 14.7 Å². The summed E-state index contributed by atoms with van der Waals surface area (Å²) >= 11 is 0. The molecule has 1 amide bonds. The maximum absolute atomic E-state index is 12.9. The molecule has 0 saturated carbocycles. The van der Waals surface area contributed by atoms with E-state index < -0.39 is 0 Å². The Morgan fingerprint density at radius 3 is 2.58 bits per heavy atom. The monoisotopic (exact) mass is 348 g/mol. The number of aryl methyl sites for hydroxylation is 1. The Hall–Kier alpha value is -2.66. The Kier molecular flexibility index (Phi) is 4.71. The summed E-state index contributed by atoms with van der Waals surface area (Å²) in [5.74, 6) is 0.141. The number of benzene rings is 1. The zero-order chi connectivity index (χ0) is 17.9. The van der Waals surface area contributed by atoms with E-state index in [9.17, 15) is 4.79 Å². The van der Waals surface area contributed by atoms with Crippen molar-refractivity contribution in [2.45, 2.75) is 6.42 Å². The normalized spacial score (nSPS) is 15.5. The van der Waals surface area contributed by atoms with Gasteiger partial charge in [0.15, 0.2) is 0 Å². The van der Waals surface area contributed by atoms with Crippen molar-refractivity contribution < 1.29 is 4.79 Å². The van der Waals surface area contributed by atoms with Gasteiger partial charge in [0.2, 0.25) is 0 Å². The van der Waals surface area contributed by atoms with Crippen LogP contribution in [0.3, 0.4) is 0 Å². The van der Waals surface area contributed by atoms with Crippen LogP contribution in [0.5, 0.6) is 0 Å². The number of carbonyl (C=O) groups is 1. The lowest BCUT2D eigenvalue weighted by Gasteiger charge is -2.34. The van der Waals surface area contributed by atoms with Crippen molar-refractivity contribution in [3.8, 4) is 0 Å². The lowest BCUT2D eigenvalue weighted by atomic mass is 10.1. The van der Waals surface area contributed by atoms with Gasteiger partial charge in [-0.15, -0.1) is 0 Å².